The molecule has 0 atom stereocenters. The molecule has 116 valence electrons. The summed E-state index contributed by atoms with van der Waals surface area (Å²) >= 11 is 6.04. The summed E-state index contributed by atoms with van der Waals surface area (Å²) in [6.07, 6.45) is 5.06. The number of rotatable bonds is 2. The summed E-state index contributed by atoms with van der Waals surface area (Å²) in [5.74, 6) is 4.86. The van der Waals surface area contributed by atoms with E-state index in [-0.39, 0.29) is 5.56 Å². The van der Waals surface area contributed by atoms with E-state index in [1.807, 2.05) is 11.2 Å². The molecule has 0 unspecified atom stereocenters. The third kappa shape index (κ3) is 3.73. The molecule has 1 fully saturated rings. The Bertz CT molecular complexity index is 809. The molecule has 1 heterocycles. The Balaban J connectivity index is 1.83. The molecule has 1 aromatic carbocycles. The van der Waals surface area contributed by atoms with Crippen LogP contribution in [0, 0.1) is 23.5 Å². The minimum absolute atomic E-state index is 0.277. The topological polar surface area (TPSA) is 12.4 Å². The van der Waals surface area contributed by atoms with Gasteiger partial charge in [-0.2, -0.15) is 4.99 Å². The smallest absolute Gasteiger partial charge is 0.153 e. The lowest BCUT2D eigenvalue weighted by Crippen LogP contribution is -1.86. The normalized spacial score (nSPS) is 14.2. The van der Waals surface area contributed by atoms with Gasteiger partial charge in [-0.05, 0) is 55.2 Å². The van der Waals surface area contributed by atoms with Crippen molar-refractivity contribution in [3.63, 3.8) is 0 Å². The summed E-state index contributed by atoms with van der Waals surface area (Å²) in [5, 5.41) is 1.97. The van der Waals surface area contributed by atoms with Gasteiger partial charge in [0, 0.05) is 10.4 Å². The zero-order valence-corrected chi connectivity index (χ0v) is 13.9. The predicted molar refractivity (Wildman–Crippen MR) is 92.6 cm³/mol. The number of thiophene rings is 1. The molecule has 0 aliphatic heterocycles. The van der Waals surface area contributed by atoms with E-state index in [1.54, 1.807) is 11.3 Å². The number of hydrogen-bond donors (Lipinski definition) is 0. The van der Waals surface area contributed by atoms with Gasteiger partial charge in [0.2, 0.25) is 0 Å². The van der Waals surface area contributed by atoms with Gasteiger partial charge in [-0.25, -0.2) is 8.78 Å². The average molecular weight is 345 g/mol. The Morgan fingerprint density at radius 2 is 1.78 bits per heavy atom. The number of hydrogen-bond acceptors (Lipinski definition) is 3. The minimum atomic E-state index is -0.788. The molecule has 2 aromatic rings. The SMILES string of the molecule is Fc1cc(C#Cc2ccc(C3CCCC3)s2)cc(F)c1N=C=S. The summed E-state index contributed by atoms with van der Waals surface area (Å²) in [6.45, 7) is 0. The first kappa shape index (κ1) is 16.0. The van der Waals surface area contributed by atoms with E-state index in [4.69, 9.17) is 0 Å². The fraction of sp³-hybridized carbons (Fsp3) is 0.278. The van der Waals surface area contributed by atoms with Gasteiger partial charge in [-0.15, -0.1) is 11.3 Å². The molecule has 5 heteroatoms. The number of thiocarbonyl (C=S) groups is 1. The lowest BCUT2D eigenvalue weighted by atomic mass is 10.1. The fourth-order valence-electron chi connectivity index (χ4n) is 2.77. The molecule has 3 rings (SSSR count). The van der Waals surface area contributed by atoms with Crippen LogP contribution in [0.1, 0.15) is 46.9 Å². The molecular formula is C18H13F2NS2. The summed E-state index contributed by atoms with van der Waals surface area (Å²) in [5.41, 5.74) is -0.149. The predicted octanol–water partition coefficient (Wildman–Crippen LogP) is 5.82. The number of aliphatic imine (C=N–C) groups is 1. The third-order valence-corrected chi connectivity index (χ3v) is 5.14. The highest BCUT2D eigenvalue weighted by Crippen LogP contribution is 2.37. The van der Waals surface area contributed by atoms with E-state index >= 15 is 0 Å². The number of benzene rings is 1. The summed E-state index contributed by atoms with van der Waals surface area (Å²) in [7, 11) is 0. The van der Waals surface area contributed by atoms with Crippen molar-refractivity contribution in [2.75, 3.05) is 0 Å². The van der Waals surface area contributed by atoms with Gasteiger partial charge in [-0.1, -0.05) is 24.7 Å². The van der Waals surface area contributed by atoms with Gasteiger partial charge in [-0.3, -0.25) is 0 Å². The lowest BCUT2D eigenvalue weighted by molar-refractivity contribution is 0.587. The van der Waals surface area contributed by atoms with Crippen molar-refractivity contribution in [3.05, 3.63) is 51.2 Å². The van der Waals surface area contributed by atoms with E-state index in [2.05, 4.69) is 35.1 Å². The van der Waals surface area contributed by atoms with Crippen molar-refractivity contribution in [2.24, 2.45) is 4.99 Å². The molecule has 1 aromatic heterocycles. The first-order chi connectivity index (χ1) is 11.2. The highest BCUT2D eigenvalue weighted by Gasteiger charge is 2.18. The molecule has 0 radical (unpaired) electrons. The molecule has 0 amide bonds. The second-order valence-corrected chi connectivity index (χ2v) is 6.72. The van der Waals surface area contributed by atoms with Crippen LogP contribution in [0.2, 0.25) is 0 Å². The highest BCUT2D eigenvalue weighted by molar-refractivity contribution is 7.78. The maximum atomic E-state index is 13.7. The van der Waals surface area contributed by atoms with Gasteiger partial charge >= 0.3 is 0 Å². The molecular weight excluding hydrogens is 332 g/mol. The first-order valence-corrected chi connectivity index (χ1v) is 8.58. The van der Waals surface area contributed by atoms with E-state index in [1.165, 1.54) is 30.6 Å². The quantitative estimate of drug-likeness (QED) is 0.380. The van der Waals surface area contributed by atoms with Crippen molar-refractivity contribution in [2.45, 2.75) is 31.6 Å². The van der Waals surface area contributed by atoms with Gasteiger partial charge < -0.3 is 0 Å². The monoisotopic (exact) mass is 345 g/mol. The molecule has 1 saturated carbocycles. The van der Waals surface area contributed by atoms with Crippen LogP contribution in [-0.2, 0) is 0 Å². The molecule has 1 nitrogen and oxygen atoms in total. The van der Waals surface area contributed by atoms with Crippen LogP contribution in [0.25, 0.3) is 0 Å². The molecule has 0 N–H and O–H groups in total. The van der Waals surface area contributed by atoms with Crippen LogP contribution in [-0.4, -0.2) is 5.16 Å². The molecule has 0 spiro atoms. The minimum Gasteiger partial charge on any atom is -0.204 e. The van der Waals surface area contributed by atoms with Crippen LogP contribution in [0.15, 0.2) is 29.3 Å². The van der Waals surface area contributed by atoms with E-state index in [9.17, 15) is 8.78 Å². The van der Waals surface area contributed by atoms with Gasteiger partial charge in [0.25, 0.3) is 0 Å². The van der Waals surface area contributed by atoms with Crippen molar-refractivity contribution in [1.29, 1.82) is 0 Å². The van der Waals surface area contributed by atoms with Gasteiger partial charge in [0.1, 0.15) is 5.69 Å². The maximum absolute atomic E-state index is 13.7. The Morgan fingerprint density at radius 3 is 2.43 bits per heavy atom. The molecule has 23 heavy (non-hydrogen) atoms. The summed E-state index contributed by atoms with van der Waals surface area (Å²) in [4.78, 5) is 5.65. The summed E-state index contributed by atoms with van der Waals surface area (Å²) in [6, 6.07) is 6.41. The zero-order valence-electron chi connectivity index (χ0n) is 12.2. The average Bonchev–Trinajstić information content (AvgIpc) is 3.19. The zero-order chi connectivity index (χ0) is 16.2. The van der Waals surface area contributed by atoms with Gasteiger partial charge in [0.15, 0.2) is 11.6 Å². The van der Waals surface area contributed by atoms with Gasteiger partial charge in [0.05, 0.1) is 10.0 Å². The number of halogens is 2. The molecule has 1 aliphatic carbocycles. The van der Waals surface area contributed by atoms with Crippen molar-refractivity contribution < 1.29 is 8.78 Å². The van der Waals surface area contributed by atoms with E-state index in [0.717, 1.165) is 17.0 Å². The molecule has 1 aliphatic rings. The standard InChI is InChI=1S/C18H13F2NS2/c19-15-9-12(10-16(20)18(15)21-11-22)5-6-14-7-8-17(23-14)13-3-1-2-4-13/h7-10,13H,1-4H2. The third-order valence-electron chi connectivity index (χ3n) is 3.89. The Kier molecular flexibility index (Phi) is 4.97. The second-order valence-electron chi connectivity index (χ2n) is 5.42. The second kappa shape index (κ2) is 7.14. The summed E-state index contributed by atoms with van der Waals surface area (Å²) < 4.78 is 27.5. The van der Waals surface area contributed by atoms with Crippen LogP contribution in [0.4, 0.5) is 14.5 Å². The van der Waals surface area contributed by atoms with Crippen molar-refractivity contribution in [1.82, 2.24) is 0 Å². The number of isothiocyanates is 1. The maximum Gasteiger partial charge on any atom is 0.153 e. The lowest BCUT2D eigenvalue weighted by Gasteiger charge is -2.03. The Hall–Kier alpha value is -1.86. The van der Waals surface area contributed by atoms with Crippen LogP contribution < -0.4 is 0 Å². The van der Waals surface area contributed by atoms with E-state index in [0.29, 0.717) is 5.92 Å². The van der Waals surface area contributed by atoms with Crippen LogP contribution in [0.3, 0.4) is 0 Å². The fourth-order valence-corrected chi connectivity index (χ4v) is 3.90. The number of nitrogens with zero attached hydrogens (tertiary/aromatic N) is 1. The largest absolute Gasteiger partial charge is 0.204 e. The molecule has 0 saturated heterocycles. The first-order valence-electron chi connectivity index (χ1n) is 7.36. The Morgan fingerprint density at radius 1 is 1.09 bits per heavy atom. The van der Waals surface area contributed by atoms with Crippen LogP contribution >= 0.6 is 23.6 Å². The highest BCUT2D eigenvalue weighted by atomic mass is 32.1. The van der Waals surface area contributed by atoms with E-state index < -0.39 is 17.3 Å². The molecule has 0 bridgehead atoms. The van der Waals surface area contributed by atoms with Crippen molar-refractivity contribution in [3.8, 4) is 11.8 Å². The van der Waals surface area contributed by atoms with Crippen LogP contribution in [0.5, 0.6) is 0 Å². The van der Waals surface area contributed by atoms with Crippen molar-refractivity contribution >= 4 is 34.4 Å². The Labute approximate surface area is 143 Å².